The topological polar surface area (TPSA) is 69.9 Å². The molecule has 3 N–H and O–H groups in total. The van der Waals surface area contributed by atoms with Crippen molar-refractivity contribution in [3.63, 3.8) is 0 Å². The second kappa shape index (κ2) is 14.2. The van der Waals surface area contributed by atoms with E-state index in [2.05, 4.69) is 26.8 Å². The van der Waals surface area contributed by atoms with Crippen LogP contribution < -0.4 is 0 Å². The van der Waals surface area contributed by atoms with Gasteiger partial charge < -0.3 is 20.1 Å². The number of aliphatic hydroxyl groups is 3. The quantitative estimate of drug-likeness (QED) is 0.253. The van der Waals surface area contributed by atoms with Crippen LogP contribution in [0.15, 0.2) is 11.6 Å². The number of rotatable bonds is 9. The van der Waals surface area contributed by atoms with Gasteiger partial charge in [0.2, 0.25) is 0 Å². The fourth-order valence-electron chi connectivity index (χ4n) is 8.99. The summed E-state index contributed by atoms with van der Waals surface area (Å²) in [4.78, 5) is 0. The van der Waals surface area contributed by atoms with Crippen LogP contribution in [0.4, 0.5) is 0 Å². The summed E-state index contributed by atoms with van der Waals surface area (Å²) in [5.41, 5.74) is 1.29. The maximum Gasteiger partial charge on any atom is 0.0613 e. The standard InChI is InChI=1S/C31H54O4.2C2H6/c1-21(11-14-28(2,3)34)25-9-10-26-24-8-7-22-17-23(35-20-29(4,18-32)19-33)12-15-30(22,5)27(24)13-16-31(25,26)6;2*1-2/h7,21,23-27,32-34H,8-20H2,1-6H3;2*1-2H3/t21-,23+,24+,25?,26?,27?,30?,31-;;/m1../s1. The summed E-state index contributed by atoms with van der Waals surface area (Å²) in [5.74, 6) is 3.94. The minimum atomic E-state index is -0.554. The van der Waals surface area contributed by atoms with Crippen molar-refractivity contribution in [1.29, 1.82) is 0 Å². The Morgan fingerprint density at radius 2 is 1.59 bits per heavy atom. The highest BCUT2D eigenvalue weighted by Crippen LogP contribution is 2.67. The van der Waals surface area contributed by atoms with Gasteiger partial charge in [-0.25, -0.2) is 0 Å². The molecule has 4 aliphatic rings. The molecule has 0 amide bonds. The molecule has 0 heterocycles. The van der Waals surface area contributed by atoms with Crippen molar-refractivity contribution < 1.29 is 20.1 Å². The Hall–Kier alpha value is -0.420. The molecule has 0 aliphatic heterocycles. The Labute approximate surface area is 242 Å². The number of hydrogen-bond donors (Lipinski definition) is 3. The third-order valence-electron chi connectivity index (χ3n) is 11.5. The molecule has 0 aromatic heterocycles. The zero-order valence-electron chi connectivity index (χ0n) is 27.5. The van der Waals surface area contributed by atoms with Crippen LogP contribution >= 0.6 is 0 Å². The number of fused-ring (bicyclic) bond motifs is 5. The summed E-state index contributed by atoms with van der Waals surface area (Å²) in [6.07, 6.45) is 14.9. The highest BCUT2D eigenvalue weighted by atomic mass is 16.5. The molecule has 230 valence electrons. The predicted molar refractivity (Wildman–Crippen MR) is 165 cm³/mol. The van der Waals surface area contributed by atoms with E-state index in [1.807, 2.05) is 48.5 Å². The van der Waals surface area contributed by atoms with Crippen molar-refractivity contribution in [2.75, 3.05) is 19.8 Å². The normalized spacial score (nSPS) is 36.6. The summed E-state index contributed by atoms with van der Waals surface area (Å²) in [5, 5.41) is 29.5. The summed E-state index contributed by atoms with van der Waals surface area (Å²) < 4.78 is 6.25. The van der Waals surface area contributed by atoms with Crippen LogP contribution in [-0.2, 0) is 4.74 Å². The fourth-order valence-corrected chi connectivity index (χ4v) is 8.99. The van der Waals surface area contributed by atoms with Gasteiger partial charge in [0.25, 0.3) is 0 Å². The number of aliphatic hydroxyl groups excluding tert-OH is 2. The second-order valence-corrected chi connectivity index (χ2v) is 14.6. The molecule has 0 aromatic rings. The predicted octanol–water partition coefficient (Wildman–Crippen LogP) is 8.18. The van der Waals surface area contributed by atoms with Crippen LogP contribution in [-0.4, -0.2) is 46.8 Å². The SMILES string of the molecule is CC.CC.C[C@H](CCC(C)(C)O)C1CCC2[C@@H]3CC=C4C[C@@H](OCC(C)(CO)CO)CCC4(C)C3CC[C@@]21C. The van der Waals surface area contributed by atoms with Gasteiger partial charge in [-0.2, -0.15) is 0 Å². The van der Waals surface area contributed by atoms with Crippen molar-refractivity contribution >= 4 is 0 Å². The van der Waals surface area contributed by atoms with Crippen LogP contribution in [0.1, 0.15) is 133 Å². The molecule has 3 saturated carbocycles. The first-order valence-electron chi connectivity index (χ1n) is 16.6. The molecule has 4 nitrogen and oxygen atoms in total. The van der Waals surface area contributed by atoms with Gasteiger partial charge in [-0.3, -0.25) is 0 Å². The largest absolute Gasteiger partial charge is 0.396 e. The Kier molecular flexibility index (Phi) is 12.6. The van der Waals surface area contributed by atoms with E-state index in [-0.39, 0.29) is 19.3 Å². The van der Waals surface area contributed by atoms with Crippen molar-refractivity contribution in [1.82, 2.24) is 0 Å². The average molecular weight is 551 g/mol. The Morgan fingerprint density at radius 3 is 2.18 bits per heavy atom. The van der Waals surface area contributed by atoms with Gasteiger partial charge in [-0.1, -0.05) is 67.0 Å². The Morgan fingerprint density at radius 1 is 0.949 bits per heavy atom. The third-order valence-corrected chi connectivity index (χ3v) is 11.5. The van der Waals surface area contributed by atoms with Crippen LogP contribution in [0.3, 0.4) is 0 Å². The number of ether oxygens (including phenoxy) is 1. The van der Waals surface area contributed by atoms with Crippen LogP contribution in [0, 0.1) is 45.8 Å². The van der Waals surface area contributed by atoms with Crippen molar-refractivity contribution in [2.24, 2.45) is 45.8 Å². The van der Waals surface area contributed by atoms with Gasteiger partial charge in [-0.05, 0) is 118 Å². The molecule has 4 aliphatic carbocycles. The Balaban J connectivity index is 0.00000127. The minimum absolute atomic E-state index is 0.0437. The lowest BCUT2D eigenvalue weighted by Crippen LogP contribution is -2.51. The zero-order valence-corrected chi connectivity index (χ0v) is 27.5. The van der Waals surface area contributed by atoms with Gasteiger partial charge in [-0.15, -0.1) is 0 Å². The van der Waals surface area contributed by atoms with Gasteiger partial charge in [0, 0.05) is 5.41 Å². The lowest BCUT2D eigenvalue weighted by atomic mass is 9.47. The van der Waals surface area contributed by atoms with Crippen molar-refractivity contribution in [3.05, 3.63) is 11.6 Å². The fraction of sp³-hybridized carbons (Fsp3) is 0.943. The zero-order chi connectivity index (χ0) is 29.6. The molecule has 4 unspecified atom stereocenters. The molecule has 4 heteroatoms. The summed E-state index contributed by atoms with van der Waals surface area (Å²) in [7, 11) is 0. The van der Waals surface area contributed by atoms with E-state index in [9.17, 15) is 15.3 Å². The summed E-state index contributed by atoms with van der Waals surface area (Å²) >= 11 is 0. The van der Waals surface area contributed by atoms with Crippen LogP contribution in [0.25, 0.3) is 0 Å². The second-order valence-electron chi connectivity index (χ2n) is 14.6. The first-order chi connectivity index (χ1) is 18.4. The highest BCUT2D eigenvalue weighted by Gasteiger charge is 2.59. The molecule has 0 saturated heterocycles. The lowest BCUT2D eigenvalue weighted by molar-refractivity contribution is -0.0821. The number of hydrogen-bond acceptors (Lipinski definition) is 4. The van der Waals surface area contributed by atoms with Crippen LogP contribution in [0.5, 0.6) is 0 Å². The van der Waals surface area contributed by atoms with E-state index < -0.39 is 11.0 Å². The van der Waals surface area contributed by atoms with E-state index in [0.29, 0.717) is 23.4 Å². The average Bonchev–Trinajstić information content (AvgIpc) is 3.29. The summed E-state index contributed by atoms with van der Waals surface area (Å²) in [6.45, 7) is 21.8. The lowest BCUT2D eigenvalue weighted by Gasteiger charge is -2.58. The first-order valence-corrected chi connectivity index (χ1v) is 16.6. The van der Waals surface area contributed by atoms with Gasteiger partial charge in [0.15, 0.2) is 0 Å². The van der Waals surface area contributed by atoms with E-state index in [4.69, 9.17) is 4.74 Å². The molecule has 8 atom stereocenters. The minimum Gasteiger partial charge on any atom is -0.396 e. The molecule has 0 spiro atoms. The van der Waals surface area contributed by atoms with Crippen LogP contribution in [0.2, 0.25) is 0 Å². The highest BCUT2D eigenvalue weighted by molar-refractivity contribution is 5.25. The summed E-state index contributed by atoms with van der Waals surface area (Å²) in [6, 6.07) is 0. The molecule has 0 aromatic carbocycles. The molecule has 39 heavy (non-hydrogen) atoms. The van der Waals surface area contributed by atoms with E-state index in [1.165, 1.54) is 38.5 Å². The van der Waals surface area contributed by atoms with Crippen molar-refractivity contribution in [3.8, 4) is 0 Å². The van der Waals surface area contributed by atoms with Crippen molar-refractivity contribution in [2.45, 2.75) is 145 Å². The monoisotopic (exact) mass is 550 g/mol. The molecule has 4 rings (SSSR count). The van der Waals surface area contributed by atoms with E-state index >= 15 is 0 Å². The number of allylic oxidation sites excluding steroid dienone is 1. The molecule has 0 radical (unpaired) electrons. The van der Waals surface area contributed by atoms with E-state index in [0.717, 1.165) is 49.4 Å². The molecular formula is C35H66O4. The van der Waals surface area contributed by atoms with Gasteiger partial charge in [0.05, 0.1) is 31.5 Å². The van der Waals surface area contributed by atoms with Gasteiger partial charge in [0.1, 0.15) is 0 Å². The third kappa shape index (κ3) is 7.51. The molecule has 0 bridgehead atoms. The van der Waals surface area contributed by atoms with E-state index in [1.54, 1.807) is 5.57 Å². The van der Waals surface area contributed by atoms with Gasteiger partial charge >= 0.3 is 0 Å². The first kappa shape index (κ1) is 34.8. The maximum atomic E-state index is 10.3. The smallest absolute Gasteiger partial charge is 0.0613 e. The molecular weight excluding hydrogens is 484 g/mol. The Bertz CT molecular complexity index is 765. The molecule has 3 fully saturated rings. The maximum absolute atomic E-state index is 10.3.